The van der Waals surface area contributed by atoms with E-state index in [0.29, 0.717) is 0 Å². The fraction of sp³-hybridized carbons (Fsp3) is 0.545. The van der Waals surface area contributed by atoms with Crippen molar-refractivity contribution >= 4 is 5.82 Å². The van der Waals surface area contributed by atoms with Gasteiger partial charge < -0.3 is 4.90 Å². The molecule has 1 saturated heterocycles. The highest BCUT2D eigenvalue weighted by Gasteiger charge is 2.29. The number of hydrogen-bond acceptors (Lipinski definition) is 4. The lowest BCUT2D eigenvalue weighted by Gasteiger charge is -2.39. The molecule has 1 aromatic carbocycles. The zero-order chi connectivity index (χ0) is 17.3. The van der Waals surface area contributed by atoms with Crippen molar-refractivity contribution in [3.05, 3.63) is 41.6 Å². The molecule has 0 N–H and O–H groups in total. The van der Waals surface area contributed by atoms with Crippen LogP contribution in [0.4, 0.5) is 5.82 Å². The Hall–Kier alpha value is -1.94. The second kappa shape index (κ2) is 6.99. The van der Waals surface area contributed by atoms with Crippen LogP contribution in [0.1, 0.15) is 43.4 Å². The first-order valence-corrected chi connectivity index (χ1v) is 10.3. The molecule has 0 spiro atoms. The molecule has 0 unspecified atom stereocenters. The van der Waals surface area contributed by atoms with Gasteiger partial charge in [0.05, 0.1) is 0 Å². The molecule has 26 heavy (non-hydrogen) atoms. The normalized spacial score (nSPS) is 21.3. The first kappa shape index (κ1) is 16.2. The lowest BCUT2D eigenvalue weighted by atomic mass is 10.1. The van der Waals surface area contributed by atoms with Crippen LogP contribution in [0, 0.1) is 0 Å². The number of rotatable bonds is 3. The quantitative estimate of drug-likeness (QED) is 0.847. The van der Waals surface area contributed by atoms with Crippen LogP contribution in [-0.4, -0.2) is 47.1 Å². The third-order valence-electron chi connectivity index (χ3n) is 6.40. The lowest BCUT2D eigenvalue weighted by Crippen LogP contribution is -2.50. The molecule has 2 fully saturated rings. The Balaban J connectivity index is 1.41. The molecular formula is C22H28N4. The van der Waals surface area contributed by atoms with Crippen LogP contribution in [0.3, 0.4) is 0 Å². The molecule has 0 bridgehead atoms. The first-order chi connectivity index (χ1) is 12.9. The van der Waals surface area contributed by atoms with E-state index in [-0.39, 0.29) is 0 Å². The van der Waals surface area contributed by atoms with E-state index >= 15 is 0 Å². The second-order valence-electron chi connectivity index (χ2n) is 7.98. The third kappa shape index (κ3) is 3.01. The van der Waals surface area contributed by atoms with E-state index in [1.54, 1.807) is 0 Å². The number of aromatic nitrogens is 2. The number of hydrogen-bond donors (Lipinski definition) is 0. The van der Waals surface area contributed by atoms with Crippen LogP contribution >= 0.6 is 0 Å². The van der Waals surface area contributed by atoms with Gasteiger partial charge in [0, 0.05) is 49.0 Å². The largest absolute Gasteiger partial charge is 0.354 e. The maximum Gasteiger partial charge on any atom is 0.161 e. The summed E-state index contributed by atoms with van der Waals surface area (Å²) < 4.78 is 0. The summed E-state index contributed by atoms with van der Waals surface area (Å²) in [7, 11) is 0. The first-order valence-electron chi connectivity index (χ1n) is 10.3. The number of fused-ring (bicyclic) bond motifs is 1. The molecule has 2 heterocycles. The Morgan fingerprint density at radius 2 is 1.58 bits per heavy atom. The van der Waals surface area contributed by atoms with E-state index in [0.717, 1.165) is 43.4 Å². The van der Waals surface area contributed by atoms with Gasteiger partial charge in [-0.2, -0.15) is 0 Å². The topological polar surface area (TPSA) is 32.3 Å². The maximum atomic E-state index is 5.06. The van der Waals surface area contributed by atoms with Crippen LogP contribution in [0.15, 0.2) is 30.3 Å². The summed E-state index contributed by atoms with van der Waals surface area (Å²) in [4.78, 5) is 15.2. The molecule has 0 radical (unpaired) electrons. The molecule has 4 heteroatoms. The van der Waals surface area contributed by atoms with Gasteiger partial charge in [0.2, 0.25) is 0 Å². The number of nitrogens with zero attached hydrogens (tertiary/aromatic N) is 4. The smallest absolute Gasteiger partial charge is 0.161 e. The van der Waals surface area contributed by atoms with Gasteiger partial charge in [0.1, 0.15) is 5.82 Å². The van der Waals surface area contributed by atoms with E-state index in [2.05, 4.69) is 40.1 Å². The fourth-order valence-electron chi connectivity index (χ4n) is 4.96. The van der Waals surface area contributed by atoms with Gasteiger partial charge in [0.15, 0.2) is 5.82 Å². The van der Waals surface area contributed by atoms with Crippen molar-refractivity contribution in [3.8, 4) is 11.4 Å². The lowest BCUT2D eigenvalue weighted by molar-refractivity contribution is 0.187. The fourth-order valence-corrected chi connectivity index (χ4v) is 4.96. The number of benzene rings is 1. The van der Waals surface area contributed by atoms with Gasteiger partial charge in [-0.25, -0.2) is 9.97 Å². The predicted molar refractivity (Wildman–Crippen MR) is 106 cm³/mol. The summed E-state index contributed by atoms with van der Waals surface area (Å²) in [5.74, 6) is 2.12. The van der Waals surface area contributed by atoms with Crippen LogP contribution in [0.25, 0.3) is 11.4 Å². The van der Waals surface area contributed by atoms with Crippen LogP contribution in [-0.2, 0) is 12.8 Å². The summed E-state index contributed by atoms with van der Waals surface area (Å²) >= 11 is 0. The van der Waals surface area contributed by atoms with E-state index in [4.69, 9.17) is 9.97 Å². The van der Waals surface area contributed by atoms with E-state index in [9.17, 15) is 0 Å². The summed E-state index contributed by atoms with van der Waals surface area (Å²) in [5, 5.41) is 0. The van der Waals surface area contributed by atoms with E-state index < -0.39 is 0 Å². The van der Waals surface area contributed by atoms with Gasteiger partial charge in [-0.1, -0.05) is 43.2 Å². The summed E-state index contributed by atoms with van der Waals surface area (Å²) in [5.41, 5.74) is 3.83. The van der Waals surface area contributed by atoms with Gasteiger partial charge >= 0.3 is 0 Å². The monoisotopic (exact) mass is 348 g/mol. The van der Waals surface area contributed by atoms with Crippen LogP contribution in [0.2, 0.25) is 0 Å². The van der Waals surface area contributed by atoms with Crippen molar-refractivity contribution in [1.82, 2.24) is 14.9 Å². The van der Waals surface area contributed by atoms with Crippen LogP contribution in [0.5, 0.6) is 0 Å². The molecule has 0 atom stereocenters. The van der Waals surface area contributed by atoms with Crippen molar-refractivity contribution in [2.24, 2.45) is 0 Å². The highest BCUT2D eigenvalue weighted by molar-refractivity contribution is 5.61. The minimum absolute atomic E-state index is 0.841. The Labute approximate surface area is 156 Å². The average molecular weight is 348 g/mol. The molecule has 2 aromatic rings. The standard InChI is InChI=1S/C22H28N4/c1-2-7-17(8-3-1)21-23-20-12-6-11-19(20)22(24-21)26-15-13-25(14-16-26)18-9-4-5-10-18/h1-3,7-8,18H,4-6,9-16H2. The molecule has 1 saturated carbocycles. The summed E-state index contributed by atoms with van der Waals surface area (Å²) in [6.45, 7) is 4.58. The highest BCUT2D eigenvalue weighted by atomic mass is 15.3. The summed E-state index contributed by atoms with van der Waals surface area (Å²) in [6, 6.07) is 11.3. The molecule has 1 aromatic heterocycles. The Morgan fingerprint density at radius 3 is 2.35 bits per heavy atom. The van der Waals surface area contributed by atoms with Gasteiger partial charge in [-0.05, 0) is 32.1 Å². The van der Waals surface area contributed by atoms with Crippen molar-refractivity contribution in [3.63, 3.8) is 0 Å². The Kier molecular flexibility index (Phi) is 4.37. The minimum Gasteiger partial charge on any atom is -0.354 e. The van der Waals surface area contributed by atoms with Crippen molar-refractivity contribution in [1.29, 1.82) is 0 Å². The SMILES string of the molecule is c1ccc(-c2nc3c(c(N4CCN(C5CCCC5)CC4)n2)CCC3)cc1. The zero-order valence-corrected chi connectivity index (χ0v) is 15.5. The van der Waals surface area contributed by atoms with E-state index in [1.807, 2.05) is 0 Å². The van der Waals surface area contributed by atoms with Crippen molar-refractivity contribution in [2.45, 2.75) is 51.0 Å². The van der Waals surface area contributed by atoms with Crippen molar-refractivity contribution in [2.75, 3.05) is 31.1 Å². The molecule has 3 aliphatic rings. The number of piperazine rings is 1. The highest BCUT2D eigenvalue weighted by Crippen LogP contribution is 2.32. The molecule has 4 nitrogen and oxygen atoms in total. The molecule has 136 valence electrons. The van der Waals surface area contributed by atoms with Crippen LogP contribution < -0.4 is 4.90 Å². The van der Waals surface area contributed by atoms with Gasteiger partial charge in [-0.15, -0.1) is 0 Å². The Bertz CT molecular complexity index is 759. The maximum absolute atomic E-state index is 5.06. The molecule has 0 amide bonds. The summed E-state index contributed by atoms with van der Waals surface area (Å²) in [6.07, 6.45) is 9.12. The average Bonchev–Trinajstić information content (AvgIpc) is 3.40. The van der Waals surface area contributed by atoms with Crippen molar-refractivity contribution < 1.29 is 0 Å². The second-order valence-corrected chi connectivity index (χ2v) is 7.98. The number of anilines is 1. The zero-order valence-electron chi connectivity index (χ0n) is 15.5. The molecule has 5 rings (SSSR count). The molecular weight excluding hydrogens is 320 g/mol. The van der Waals surface area contributed by atoms with E-state index in [1.165, 1.54) is 62.3 Å². The predicted octanol–water partition coefficient (Wildman–Crippen LogP) is 3.70. The Morgan fingerprint density at radius 1 is 0.808 bits per heavy atom. The third-order valence-corrected chi connectivity index (χ3v) is 6.40. The van der Waals surface area contributed by atoms with Gasteiger partial charge in [0.25, 0.3) is 0 Å². The molecule has 2 aliphatic carbocycles. The minimum atomic E-state index is 0.841. The number of aryl methyl sites for hydroxylation is 1. The van der Waals surface area contributed by atoms with Gasteiger partial charge in [-0.3, -0.25) is 4.90 Å². The molecule has 1 aliphatic heterocycles.